The normalized spacial score (nSPS) is 13.7. The molecular weight excluding hydrogens is 252 g/mol. The van der Waals surface area contributed by atoms with Crippen molar-refractivity contribution >= 4 is 17.5 Å². The molecule has 1 heterocycles. The number of hydrogen-bond acceptors (Lipinski definition) is 8. The Hall–Kier alpha value is -2.00. The van der Waals surface area contributed by atoms with Crippen LogP contribution in [-0.4, -0.2) is 32.1 Å². The number of hydrazine groups is 1. The van der Waals surface area contributed by atoms with E-state index in [0.29, 0.717) is 6.42 Å². The maximum atomic E-state index is 10.8. The summed E-state index contributed by atoms with van der Waals surface area (Å²) >= 11 is 0. The van der Waals surface area contributed by atoms with Crippen LogP contribution >= 0.6 is 0 Å². The fraction of sp³-hybridized carbons (Fsp3) is 0.600. The smallest absolute Gasteiger partial charge is 0.329 e. The Morgan fingerprint density at radius 2 is 2.32 bits per heavy atom. The van der Waals surface area contributed by atoms with E-state index in [9.17, 15) is 15.2 Å². The van der Waals surface area contributed by atoms with Gasteiger partial charge in [-0.1, -0.05) is 13.3 Å². The first-order valence-electron chi connectivity index (χ1n) is 5.84. The van der Waals surface area contributed by atoms with Crippen LogP contribution in [0.4, 0.5) is 17.5 Å². The first kappa shape index (κ1) is 15.1. The maximum Gasteiger partial charge on any atom is 0.329 e. The summed E-state index contributed by atoms with van der Waals surface area (Å²) in [6.45, 7) is 3.74. The molecule has 0 saturated carbocycles. The van der Waals surface area contributed by atoms with Crippen LogP contribution in [0, 0.1) is 10.1 Å². The molecule has 9 heteroatoms. The average molecular weight is 270 g/mol. The SMILES string of the molecule is CCCC(C)(O)CNc1nc(NN)ncc1[N+](=O)[O-]. The van der Waals surface area contributed by atoms with Crippen molar-refractivity contribution in [1.82, 2.24) is 9.97 Å². The molecule has 19 heavy (non-hydrogen) atoms. The number of nitrogen functional groups attached to an aromatic ring is 1. The minimum absolute atomic E-state index is 0.0179. The second kappa shape index (κ2) is 6.25. The monoisotopic (exact) mass is 270 g/mol. The van der Waals surface area contributed by atoms with Crippen LogP contribution in [0.1, 0.15) is 26.7 Å². The third-order valence-corrected chi connectivity index (χ3v) is 2.52. The van der Waals surface area contributed by atoms with Crippen LogP contribution in [-0.2, 0) is 0 Å². The maximum absolute atomic E-state index is 10.8. The molecule has 1 aromatic rings. The Bertz CT molecular complexity index is 451. The standard InChI is InChI=1S/C10H18N6O3/c1-3-4-10(2,17)6-13-8-7(16(18)19)5-12-9(14-8)15-11/h5,17H,3-4,6,11H2,1-2H3,(H2,12,13,14,15). The fourth-order valence-electron chi connectivity index (χ4n) is 1.61. The molecular formula is C10H18N6O3. The van der Waals surface area contributed by atoms with Crippen LogP contribution < -0.4 is 16.6 Å². The molecule has 0 spiro atoms. The van der Waals surface area contributed by atoms with Crippen LogP contribution in [0.25, 0.3) is 0 Å². The van der Waals surface area contributed by atoms with Gasteiger partial charge in [0.2, 0.25) is 11.8 Å². The number of nitrogens with two attached hydrogens (primary N) is 1. The van der Waals surface area contributed by atoms with Gasteiger partial charge in [0.1, 0.15) is 6.20 Å². The van der Waals surface area contributed by atoms with Gasteiger partial charge in [-0.25, -0.2) is 10.8 Å². The zero-order valence-electron chi connectivity index (χ0n) is 10.9. The van der Waals surface area contributed by atoms with E-state index in [1.165, 1.54) is 0 Å². The summed E-state index contributed by atoms with van der Waals surface area (Å²) in [5.41, 5.74) is 0.968. The molecule has 1 unspecified atom stereocenters. The van der Waals surface area contributed by atoms with Crippen molar-refractivity contribution in [2.24, 2.45) is 5.84 Å². The summed E-state index contributed by atoms with van der Waals surface area (Å²) in [5, 5.41) is 23.6. The summed E-state index contributed by atoms with van der Waals surface area (Å²) in [7, 11) is 0. The molecule has 0 fully saturated rings. The minimum Gasteiger partial charge on any atom is -0.388 e. The Labute approximate surface area is 110 Å². The Morgan fingerprint density at radius 3 is 2.84 bits per heavy atom. The molecule has 1 aromatic heterocycles. The summed E-state index contributed by atoms with van der Waals surface area (Å²) in [4.78, 5) is 17.8. The van der Waals surface area contributed by atoms with E-state index in [1.54, 1.807) is 6.92 Å². The first-order chi connectivity index (χ1) is 8.89. The molecule has 0 aliphatic heterocycles. The summed E-state index contributed by atoms with van der Waals surface area (Å²) in [5.74, 6) is 5.23. The van der Waals surface area contributed by atoms with E-state index in [0.717, 1.165) is 12.6 Å². The van der Waals surface area contributed by atoms with E-state index in [4.69, 9.17) is 5.84 Å². The molecule has 0 aliphatic carbocycles. The van der Waals surface area contributed by atoms with Crippen molar-refractivity contribution < 1.29 is 10.0 Å². The Kier molecular flexibility index (Phi) is 4.95. The summed E-state index contributed by atoms with van der Waals surface area (Å²) in [6, 6.07) is 0. The van der Waals surface area contributed by atoms with E-state index < -0.39 is 10.5 Å². The van der Waals surface area contributed by atoms with Crippen LogP contribution in [0.15, 0.2) is 6.20 Å². The lowest BCUT2D eigenvalue weighted by atomic mass is 10.0. The number of nitrogens with one attached hydrogen (secondary N) is 2. The number of nitro groups is 1. The van der Waals surface area contributed by atoms with Crippen molar-refractivity contribution in [2.75, 3.05) is 17.3 Å². The van der Waals surface area contributed by atoms with E-state index >= 15 is 0 Å². The second-order valence-corrected chi connectivity index (χ2v) is 4.43. The minimum atomic E-state index is -0.968. The molecule has 1 rings (SSSR count). The van der Waals surface area contributed by atoms with Crippen molar-refractivity contribution in [3.63, 3.8) is 0 Å². The molecule has 0 radical (unpaired) electrons. The van der Waals surface area contributed by atoms with Gasteiger partial charge in [-0.3, -0.25) is 15.5 Å². The molecule has 0 aliphatic rings. The lowest BCUT2D eigenvalue weighted by molar-refractivity contribution is -0.384. The predicted molar refractivity (Wildman–Crippen MR) is 70.5 cm³/mol. The lowest BCUT2D eigenvalue weighted by Gasteiger charge is -2.23. The third kappa shape index (κ3) is 4.30. The summed E-state index contributed by atoms with van der Waals surface area (Å²) in [6.07, 6.45) is 2.43. The van der Waals surface area contributed by atoms with Gasteiger partial charge in [-0.15, -0.1) is 0 Å². The van der Waals surface area contributed by atoms with Crippen molar-refractivity contribution in [2.45, 2.75) is 32.3 Å². The van der Waals surface area contributed by atoms with Gasteiger partial charge in [-0.2, -0.15) is 4.98 Å². The van der Waals surface area contributed by atoms with Gasteiger partial charge in [-0.05, 0) is 13.3 Å². The van der Waals surface area contributed by atoms with Crippen molar-refractivity contribution in [1.29, 1.82) is 0 Å². The molecule has 0 saturated heterocycles. The highest BCUT2D eigenvalue weighted by Crippen LogP contribution is 2.23. The predicted octanol–water partition coefficient (Wildman–Crippen LogP) is 0.633. The van der Waals surface area contributed by atoms with Gasteiger partial charge < -0.3 is 10.4 Å². The van der Waals surface area contributed by atoms with Crippen LogP contribution in [0.3, 0.4) is 0 Å². The Balaban J connectivity index is 2.89. The average Bonchev–Trinajstić information content (AvgIpc) is 2.35. The molecule has 9 nitrogen and oxygen atoms in total. The third-order valence-electron chi connectivity index (χ3n) is 2.52. The summed E-state index contributed by atoms with van der Waals surface area (Å²) < 4.78 is 0. The van der Waals surface area contributed by atoms with Gasteiger partial charge in [0.25, 0.3) is 0 Å². The molecule has 0 bridgehead atoms. The molecule has 106 valence electrons. The largest absolute Gasteiger partial charge is 0.388 e. The highest BCUT2D eigenvalue weighted by molar-refractivity contribution is 5.56. The zero-order valence-corrected chi connectivity index (χ0v) is 10.9. The van der Waals surface area contributed by atoms with Crippen LogP contribution in [0.5, 0.6) is 0 Å². The molecule has 0 amide bonds. The molecule has 1 atom stereocenters. The highest BCUT2D eigenvalue weighted by Gasteiger charge is 2.22. The lowest BCUT2D eigenvalue weighted by Crippen LogP contribution is -2.33. The van der Waals surface area contributed by atoms with Crippen molar-refractivity contribution in [3.05, 3.63) is 16.3 Å². The Morgan fingerprint density at radius 1 is 1.63 bits per heavy atom. The zero-order chi connectivity index (χ0) is 14.5. The van der Waals surface area contributed by atoms with Crippen LogP contribution in [0.2, 0.25) is 0 Å². The number of aliphatic hydroxyl groups is 1. The number of nitrogens with zero attached hydrogens (tertiary/aromatic N) is 3. The van der Waals surface area contributed by atoms with Gasteiger partial charge in [0.05, 0.1) is 10.5 Å². The highest BCUT2D eigenvalue weighted by atomic mass is 16.6. The second-order valence-electron chi connectivity index (χ2n) is 4.43. The number of anilines is 2. The number of aromatic nitrogens is 2. The topological polar surface area (TPSA) is 139 Å². The number of rotatable bonds is 7. The van der Waals surface area contributed by atoms with Crippen molar-refractivity contribution in [3.8, 4) is 0 Å². The fourth-order valence-corrected chi connectivity index (χ4v) is 1.61. The van der Waals surface area contributed by atoms with E-state index in [2.05, 4.69) is 20.7 Å². The van der Waals surface area contributed by atoms with Gasteiger partial charge in [0.15, 0.2) is 0 Å². The van der Waals surface area contributed by atoms with E-state index in [1.807, 2.05) is 6.92 Å². The number of hydrogen-bond donors (Lipinski definition) is 4. The van der Waals surface area contributed by atoms with E-state index in [-0.39, 0.29) is 24.0 Å². The van der Waals surface area contributed by atoms with Gasteiger partial charge >= 0.3 is 5.69 Å². The first-order valence-corrected chi connectivity index (χ1v) is 5.84. The molecule has 5 N–H and O–H groups in total. The van der Waals surface area contributed by atoms with Gasteiger partial charge in [0, 0.05) is 6.54 Å². The molecule has 0 aromatic carbocycles. The quantitative estimate of drug-likeness (QED) is 0.321.